The van der Waals surface area contributed by atoms with Crippen LogP contribution < -0.4 is 0 Å². The number of allylic oxidation sites excluding steroid dienone is 2. The second kappa shape index (κ2) is 7.60. The van der Waals surface area contributed by atoms with Crippen molar-refractivity contribution in [3.8, 4) is 0 Å². The molecule has 0 radical (unpaired) electrons. The molecule has 8 heteroatoms. The summed E-state index contributed by atoms with van der Waals surface area (Å²) in [4.78, 5) is 14.4. The van der Waals surface area contributed by atoms with Crippen LogP contribution in [0.5, 0.6) is 0 Å². The Morgan fingerprint density at radius 2 is 1.88 bits per heavy atom. The number of sulfone groups is 1. The largest absolute Gasteiger partial charge is 0.434 e. The van der Waals surface area contributed by atoms with Gasteiger partial charge in [-0.15, -0.1) is 0 Å². The lowest BCUT2D eigenvalue weighted by atomic mass is 10.1. The Labute approximate surface area is 147 Å². The maximum atomic E-state index is 12.5. The van der Waals surface area contributed by atoms with E-state index in [-0.39, 0.29) is 18.2 Å². The number of hydrogen-bond acceptors (Lipinski definition) is 5. The Balaban J connectivity index is 2.15. The van der Waals surface area contributed by atoms with Gasteiger partial charge in [-0.2, -0.15) is 0 Å². The number of aromatic nitrogens is 2. The van der Waals surface area contributed by atoms with Crippen LogP contribution in [0.2, 0.25) is 0 Å². The zero-order chi connectivity index (χ0) is 18.6. The van der Waals surface area contributed by atoms with Crippen molar-refractivity contribution < 1.29 is 13.3 Å². The third-order valence-electron chi connectivity index (χ3n) is 3.98. The van der Waals surface area contributed by atoms with Crippen LogP contribution in [0.4, 0.5) is 5.95 Å². The van der Waals surface area contributed by atoms with Crippen molar-refractivity contribution in [1.82, 2.24) is 9.55 Å². The van der Waals surface area contributed by atoms with Crippen molar-refractivity contribution in [2.75, 3.05) is 5.75 Å². The quantitative estimate of drug-likeness (QED) is 0.427. The summed E-state index contributed by atoms with van der Waals surface area (Å²) in [6, 6.07) is 6.74. The van der Waals surface area contributed by atoms with Crippen LogP contribution in [-0.4, -0.2) is 28.6 Å². The summed E-state index contributed by atoms with van der Waals surface area (Å²) in [6.45, 7) is 5.89. The third-order valence-corrected chi connectivity index (χ3v) is 5.71. The summed E-state index contributed by atoms with van der Waals surface area (Å²) in [5.41, 5.74) is 2.79. The average Bonchev–Trinajstić information content (AvgIpc) is 3.00. The molecule has 1 heterocycles. The summed E-state index contributed by atoms with van der Waals surface area (Å²) >= 11 is 0. The monoisotopic (exact) mass is 363 g/mol. The van der Waals surface area contributed by atoms with E-state index in [0.29, 0.717) is 11.3 Å². The number of imidazole rings is 1. The van der Waals surface area contributed by atoms with Crippen LogP contribution >= 0.6 is 0 Å². The maximum Gasteiger partial charge on any atom is 0.434 e. The van der Waals surface area contributed by atoms with Gasteiger partial charge in [0.25, 0.3) is 0 Å². The van der Waals surface area contributed by atoms with E-state index in [1.165, 1.54) is 17.0 Å². The van der Waals surface area contributed by atoms with E-state index in [1.54, 1.807) is 24.3 Å². The fourth-order valence-corrected chi connectivity index (χ4v) is 3.71. The molecule has 2 rings (SSSR count). The number of nitrogens with zero attached hydrogens (tertiary/aromatic N) is 3. The first-order chi connectivity index (χ1) is 11.7. The van der Waals surface area contributed by atoms with E-state index in [9.17, 15) is 18.5 Å². The minimum Gasteiger partial charge on any atom is -0.390 e. The van der Waals surface area contributed by atoms with Gasteiger partial charge in [0.2, 0.25) is 0 Å². The summed E-state index contributed by atoms with van der Waals surface area (Å²) in [6.07, 6.45) is 3.20. The second-order valence-corrected chi connectivity index (χ2v) is 8.21. The molecule has 1 aromatic heterocycles. The predicted molar refractivity (Wildman–Crippen MR) is 95.1 cm³/mol. The van der Waals surface area contributed by atoms with E-state index in [2.05, 4.69) is 4.98 Å². The highest BCUT2D eigenvalue weighted by Gasteiger charge is 2.19. The minimum atomic E-state index is -3.40. The molecule has 7 nitrogen and oxygen atoms in total. The Morgan fingerprint density at radius 3 is 2.44 bits per heavy atom. The van der Waals surface area contributed by atoms with Gasteiger partial charge < -0.3 is 10.1 Å². The Kier molecular flexibility index (Phi) is 5.73. The molecule has 0 spiro atoms. The molecule has 2 aromatic rings. The maximum absolute atomic E-state index is 12.5. The smallest absolute Gasteiger partial charge is 0.390 e. The number of nitro groups is 1. The number of hydrogen-bond donors (Lipinski definition) is 0. The van der Waals surface area contributed by atoms with Crippen LogP contribution in [0.15, 0.2) is 52.7 Å². The first kappa shape index (κ1) is 18.9. The third kappa shape index (κ3) is 4.76. The van der Waals surface area contributed by atoms with Gasteiger partial charge in [0.05, 0.1) is 17.2 Å². The van der Waals surface area contributed by atoms with Gasteiger partial charge in [0.1, 0.15) is 12.4 Å². The number of rotatable bonds is 7. The molecule has 0 N–H and O–H groups in total. The van der Waals surface area contributed by atoms with Crippen LogP contribution in [0, 0.1) is 17.0 Å². The number of aryl methyl sites for hydroxylation is 1. The Hall–Kier alpha value is -2.48. The molecule has 0 aliphatic rings. The topological polar surface area (TPSA) is 95.1 Å². The van der Waals surface area contributed by atoms with Crippen molar-refractivity contribution in [2.24, 2.45) is 0 Å². The molecule has 0 saturated heterocycles. The van der Waals surface area contributed by atoms with Crippen molar-refractivity contribution in [3.63, 3.8) is 0 Å². The van der Waals surface area contributed by atoms with Gasteiger partial charge in [0.15, 0.2) is 9.84 Å². The Morgan fingerprint density at radius 1 is 1.24 bits per heavy atom. The highest BCUT2D eigenvalue weighted by molar-refractivity contribution is 7.91. The van der Waals surface area contributed by atoms with Crippen LogP contribution in [0.1, 0.15) is 25.8 Å². The first-order valence-electron chi connectivity index (χ1n) is 7.81. The molecule has 0 saturated carbocycles. The molecule has 1 aromatic carbocycles. The summed E-state index contributed by atoms with van der Waals surface area (Å²) < 4.78 is 26.4. The van der Waals surface area contributed by atoms with Crippen molar-refractivity contribution in [3.05, 3.63) is 63.5 Å². The predicted octanol–water partition coefficient (Wildman–Crippen LogP) is 3.30. The highest BCUT2D eigenvalue weighted by Crippen LogP contribution is 2.20. The van der Waals surface area contributed by atoms with E-state index in [4.69, 9.17) is 0 Å². The molecule has 0 atom stereocenters. The van der Waals surface area contributed by atoms with Gasteiger partial charge in [-0.25, -0.2) is 13.0 Å². The van der Waals surface area contributed by atoms with E-state index < -0.39 is 14.8 Å². The van der Waals surface area contributed by atoms with Gasteiger partial charge in [-0.05, 0) is 49.8 Å². The fraction of sp³-hybridized carbons (Fsp3) is 0.353. The lowest BCUT2D eigenvalue weighted by Gasteiger charge is -2.11. The number of benzene rings is 1. The SMILES string of the molecule is CC(C)=C(CCS(=O)(=O)c1ccc(C)cc1)Cn1ccnc1[N+](=O)[O-]. The van der Waals surface area contributed by atoms with Crippen molar-refractivity contribution in [2.45, 2.75) is 38.6 Å². The molecule has 25 heavy (non-hydrogen) atoms. The van der Waals surface area contributed by atoms with E-state index in [0.717, 1.165) is 16.7 Å². The average molecular weight is 363 g/mol. The van der Waals surface area contributed by atoms with Gasteiger partial charge in [-0.1, -0.05) is 28.3 Å². The first-order valence-corrected chi connectivity index (χ1v) is 9.46. The molecule has 0 unspecified atom stereocenters. The summed E-state index contributed by atoms with van der Waals surface area (Å²) in [5, 5.41) is 11.0. The lowest BCUT2D eigenvalue weighted by Crippen LogP contribution is -2.12. The van der Waals surface area contributed by atoms with E-state index >= 15 is 0 Å². The van der Waals surface area contributed by atoms with Gasteiger partial charge in [0, 0.05) is 0 Å². The van der Waals surface area contributed by atoms with Crippen LogP contribution in [-0.2, 0) is 16.4 Å². The van der Waals surface area contributed by atoms with E-state index in [1.807, 2.05) is 20.8 Å². The fourth-order valence-electron chi connectivity index (χ4n) is 2.41. The molecule has 0 fully saturated rings. The molecular formula is C17H21N3O4S. The Bertz CT molecular complexity index is 892. The van der Waals surface area contributed by atoms with Crippen LogP contribution in [0.3, 0.4) is 0 Å². The van der Waals surface area contributed by atoms with Gasteiger partial charge >= 0.3 is 5.95 Å². The lowest BCUT2D eigenvalue weighted by molar-refractivity contribution is -0.396. The van der Waals surface area contributed by atoms with Crippen LogP contribution in [0.25, 0.3) is 0 Å². The van der Waals surface area contributed by atoms with Crippen molar-refractivity contribution >= 4 is 15.8 Å². The zero-order valence-electron chi connectivity index (χ0n) is 14.5. The molecule has 0 bridgehead atoms. The van der Waals surface area contributed by atoms with Crippen molar-refractivity contribution in [1.29, 1.82) is 0 Å². The molecule has 0 amide bonds. The molecule has 0 aliphatic carbocycles. The van der Waals surface area contributed by atoms with Gasteiger partial charge in [-0.3, -0.25) is 0 Å². The summed E-state index contributed by atoms with van der Waals surface area (Å²) in [7, 11) is -3.40. The standard InChI is InChI=1S/C17H21N3O4S/c1-13(2)15(12-19-10-9-18-17(19)20(21)22)8-11-25(23,24)16-6-4-14(3)5-7-16/h4-7,9-10H,8,11-12H2,1-3H3. The second-order valence-electron chi connectivity index (χ2n) is 6.10. The molecular weight excluding hydrogens is 342 g/mol. The highest BCUT2D eigenvalue weighted by atomic mass is 32.2. The minimum absolute atomic E-state index is 0.0426. The normalized spacial score (nSPS) is 11.3. The zero-order valence-corrected chi connectivity index (χ0v) is 15.3. The molecule has 0 aliphatic heterocycles. The summed E-state index contributed by atoms with van der Waals surface area (Å²) in [5.74, 6) is -0.292. The molecule has 134 valence electrons.